The average Bonchev–Trinajstić information content (AvgIpc) is 3.49. The fourth-order valence-corrected chi connectivity index (χ4v) is 4.30. The fraction of sp³-hybridized carbons (Fsp3) is 0.500. The number of halogens is 1. The molecule has 6 nitrogen and oxygen atoms in total. The molecule has 1 aromatic heterocycles. The number of rotatable bonds is 4. The van der Waals surface area contributed by atoms with Crippen LogP contribution < -0.4 is 16.1 Å². The van der Waals surface area contributed by atoms with Gasteiger partial charge < -0.3 is 10.3 Å². The zero-order chi connectivity index (χ0) is 17.3. The van der Waals surface area contributed by atoms with Crippen molar-refractivity contribution in [3.8, 4) is 0 Å². The van der Waals surface area contributed by atoms with Crippen molar-refractivity contribution in [2.75, 3.05) is 18.0 Å². The maximum Gasteiger partial charge on any atom is 0.328 e. The first kappa shape index (κ1) is 14.9. The van der Waals surface area contributed by atoms with Gasteiger partial charge in [-0.2, -0.15) is 0 Å². The van der Waals surface area contributed by atoms with Crippen molar-refractivity contribution >= 4 is 22.8 Å². The van der Waals surface area contributed by atoms with E-state index < -0.39 is 17.1 Å². The highest BCUT2D eigenvalue weighted by Gasteiger charge is 2.54. The molecule has 1 saturated heterocycles. The van der Waals surface area contributed by atoms with E-state index in [1.807, 2.05) is 4.90 Å². The molecule has 1 aromatic carbocycles. The summed E-state index contributed by atoms with van der Waals surface area (Å²) in [4.78, 5) is 28.6. The van der Waals surface area contributed by atoms with E-state index in [0.29, 0.717) is 41.4 Å². The second kappa shape index (κ2) is 5.03. The Morgan fingerprint density at radius 1 is 1.24 bits per heavy atom. The van der Waals surface area contributed by atoms with Gasteiger partial charge in [0.05, 0.1) is 16.6 Å². The van der Waals surface area contributed by atoms with Crippen LogP contribution in [-0.4, -0.2) is 28.9 Å². The van der Waals surface area contributed by atoms with E-state index in [9.17, 15) is 14.0 Å². The molecule has 5 rings (SSSR count). The molecule has 2 saturated carbocycles. The van der Waals surface area contributed by atoms with Crippen LogP contribution in [0, 0.1) is 34.9 Å². The lowest BCUT2D eigenvalue weighted by Crippen LogP contribution is -2.31. The number of fused-ring (bicyclic) bond motifs is 2. The Hall–Kier alpha value is -2.44. The summed E-state index contributed by atoms with van der Waals surface area (Å²) >= 11 is 0. The fourth-order valence-electron chi connectivity index (χ4n) is 4.30. The van der Waals surface area contributed by atoms with Gasteiger partial charge in [0, 0.05) is 25.6 Å². The van der Waals surface area contributed by atoms with Gasteiger partial charge >= 0.3 is 5.69 Å². The number of aromatic amines is 1. The lowest BCUT2D eigenvalue weighted by Gasteiger charge is -2.23. The quantitative estimate of drug-likeness (QED) is 0.828. The zero-order valence-corrected chi connectivity index (χ0v) is 13.7. The van der Waals surface area contributed by atoms with E-state index >= 15 is 0 Å². The van der Waals surface area contributed by atoms with Crippen LogP contribution in [0.1, 0.15) is 12.8 Å². The molecule has 25 heavy (non-hydrogen) atoms. The van der Waals surface area contributed by atoms with Gasteiger partial charge in [-0.15, -0.1) is 0 Å². The molecular formula is C18H19FN4O2. The van der Waals surface area contributed by atoms with Crippen LogP contribution >= 0.6 is 0 Å². The number of nitrogens with one attached hydrogen (secondary N) is 2. The molecule has 0 radical (unpaired) electrons. The minimum Gasteiger partial charge on any atom is -0.368 e. The predicted octanol–water partition coefficient (Wildman–Crippen LogP) is 1.57. The molecule has 7 heteroatoms. The molecule has 2 aliphatic carbocycles. The lowest BCUT2D eigenvalue weighted by atomic mass is 10.1. The van der Waals surface area contributed by atoms with Crippen molar-refractivity contribution < 1.29 is 4.39 Å². The third-order valence-electron chi connectivity index (χ3n) is 6.00. The van der Waals surface area contributed by atoms with Crippen molar-refractivity contribution in [3.63, 3.8) is 0 Å². The molecule has 3 atom stereocenters. The molecule has 130 valence electrons. The first-order valence-corrected chi connectivity index (χ1v) is 8.78. The standard InChI is InChI=1S/C18H19FN4O2/c19-14-3-10-15(23(6-9-1-2-9)18(25)21-17(10)24)4-16(14)22-7-12-11(5-20)13(12)8-22/h3-5,9,11-13,20H,1-2,6-8H2,(H,21,24,25)/t11?,12-,13?/m1/s1. The highest BCUT2D eigenvalue weighted by atomic mass is 19.1. The minimum atomic E-state index is -0.536. The molecule has 2 heterocycles. The third kappa shape index (κ3) is 2.25. The van der Waals surface area contributed by atoms with Gasteiger partial charge in [-0.25, -0.2) is 9.18 Å². The molecule has 0 bridgehead atoms. The summed E-state index contributed by atoms with van der Waals surface area (Å²) in [6.45, 7) is 2.02. The molecule has 2 aromatic rings. The number of anilines is 1. The molecule has 3 fully saturated rings. The Kier molecular flexibility index (Phi) is 2.99. The van der Waals surface area contributed by atoms with Crippen LogP contribution in [0.2, 0.25) is 0 Å². The van der Waals surface area contributed by atoms with Crippen LogP contribution in [0.3, 0.4) is 0 Å². The van der Waals surface area contributed by atoms with E-state index in [1.54, 1.807) is 10.6 Å². The van der Waals surface area contributed by atoms with E-state index in [1.165, 1.54) is 12.3 Å². The van der Waals surface area contributed by atoms with Crippen molar-refractivity contribution in [3.05, 3.63) is 38.8 Å². The Morgan fingerprint density at radius 3 is 2.60 bits per heavy atom. The molecule has 0 amide bonds. The van der Waals surface area contributed by atoms with Crippen molar-refractivity contribution in [2.45, 2.75) is 19.4 Å². The minimum absolute atomic E-state index is 0.225. The summed E-state index contributed by atoms with van der Waals surface area (Å²) in [6.07, 6.45) is 3.67. The lowest BCUT2D eigenvalue weighted by molar-refractivity contribution is 0.604. The summed E-state index contributed by atoms with van der Waals surface area (Å²) in [5.74, 6) is 1.23. The number of piperidine rings is 1. The number of nitrogens with zero attached hydrogens (tertiary/aromatic N) is 2. The summed E-state index contributed by atoms with van der Waals surface area (Å²) in [6, 6.07) is 2.91. The molecular weight excluding hydrogens is 323 g/mol. The Morgan fingerprint density at radius 2 is 1.96 bits per heavy atom. The maximum absolute atomic E-state index is 14.7. The number of hydrogen-bond donors (Lipinski definition) is 2. The van der Waals surface area contributed by atoms with Crippen LogP contribution in [0.15, 0.2) is 21.7 Å². The van der Waals surface area contributed by atoms with Crippen LogP contribution in [0.4, 0.5) is 10.1 Å². The van der Waals surface area contributed by atoms with E-state index in [0.717, 1.165) is 25.9 Å². The molecule has 0 spiro atoms. The smallest absolute Gasteiger partial charge is 0.328 e. The Balaban J connectivity index is 1.60. The maximum atomic E-state index is 14.7. The van der Waals surface area contributed by atoms with Gasteiger partial charge in [-0.05, 0) is 48.9 Å². The van der Waals surface area contributed by atoms with Gasteiger partial charge in [0.2, 0.25) is 0 Å². The Bertz CT molecular complexity index is 995. The number of benzene rings is 1. The molecule has 2 N–H and O–H groups in total. The van der Waals surface area contributed by atoms with Gasteiger partial charge in [-0.1, -0.05) is 0 Å². The summed E-state index contributed by atoms with van der Waals surface area (Å²) in [7, 11) is 0. The topological polar surface area (TPSA) is 82.0 Å². The second-order valence-electron chi connectivity index (χ2n) is 7.61. The van der Waals surface area contributed by atoms with Gasteiger partial charge in [0.25, 0.3) is 5.56 Å². The number of H-pyrrole nitrogens is 1. The third-order valence-corrected chi connectivity index (χ3v) is 6.00. The predicted molar refractivity (Wildman–Crippen MR) is 93.0 cm³/mol. The van der Waals surface area contributed by atoms with E-state index in [-0.39, 0.29) is 5.39 Å². The van der Waals surface area contributed by atoms with Crippen LogP contribution in [-0.2, 0) is 6.54 Å². The summed E-state index contributed by atoms with van der Waals surface area (Å²) in [5, 5.41) is 7.62. The van der Waals surface area contributed by atoms with Crippen molar-refractivity contribution in [1.82, 2.24) is 9.55 Å². The van der Waals surface area contributed by atoms with Gasteiger partial charge in [-0.3, -0.25) is 14.3 Å². The molecule has 2 unspecified atom stereocenters. The van der Waals surface area contributed by atoms with Crippen molar-refractivity contribution in [1.29, 1.82) is 5.41 Å². The number of hydrogen-bond acceptors (Lipinski definition) is 4. The molecule has 3 aliphatic rings. The SMILES string of the molecule is N=CC1C2CN(c3cc4c(cc3F)c(=O)[nH]c(=O)n4CC3CC3)C[C@H]12. The van der Waals surface area contributed by atoms with Crippen molar-refractivity contribution in [2.24, 2.45) is 23.7 Å². The first-order chi connectivity index (χ1) is 12.1. The van der Waals surface area contributed by atoms with Crippen LogP contribution in [0.25, 0.3) is 10.9 Å². The largest absolute Gasteiger partial charge is 0.368 e. The second-order valence-corrected chi connectivity index (χ2v) is 7.61. The first-order valence-electron chi connectivity index (χ1n) is 8.78. The van der Waals surface area contributed by atoms with Gasteiger partial charge in [0.15, 0.2) is 0 Å². The highest BCUT2D eigenvalue weighted by molar-refractivity contribution is 5.82. The average molecular weight is 342 g/mol. The monoisotopic (exact) mass is 342 g/mol. The van der Waals surface area contributed by atoms with E-state index in [4.69, 9.17) is 5.41 Å². The summed E-state index contributed by atoms with van der Waals surface area (Å²) in [5.41, 5.74) is 0.0138. The number of aromatic nitrogens is 2. The van der Waals surface area contributed by atoms with Crippen LogP contribution in [0.5, 0.6) is 0 Å². The molecule has 1 aliphatic heterocycles. The van der Waals surface area contributed by atoms with E-state index in [2.05, 4.69) is 4.98 Å². The Labute approximate surface area is 142 Å². The zero-order valence-electron chi connectivity index (χ0n) is 13.7. The summed E-state index contributed by atoms with van der Waals surface area (Å²) < 4.78 is 16.2. The highest BCUT2D eigenvalue weighted by Crippen LogP contribution is 2.51. The van der Waals surface area contributed by atoms with Gasteiger partial charge in [0.1, 0.15) is 5.82 Å². The normalized spacial score (nSPS) is 27.6.